The van der Waals surface area contributed by atoms with E-state index in [1.54, 1.807) is 0 Å². The van der Waals surface area contributed by atoms with Gasteiger partial charge in [0.15, 0.2) is 0 Å². The summed E-state index contributed by atoms with van der Waals surface area (Å²) in [6, 6.07) is 7.41. The first kappa shape index (κ1) is 16.0. The van der Waals surface area contributed by atoms with Crippen molar-refractivity contribution in [3.8, 4) is 11.1 Å². The fraction of sp³-hybridized carbons (Fsp3) is 0.471. The molecule has 3 nitrogen and oxygen atoms in total. The third kappa shape index (κ3) is 3.71. The number of likely N-dealkylation sites (tertiary alicyclic amines) is 1. The molecule has 4 rings (SSSR count). The van der Waals surface area contributed by atoms with E-state index in [0.29, 0.717) is 6.04 Å². The number of likely N-dealkylation sites (N-methyl/N-ethyl adjacent to an activating group) is 1. The summed E-state index contributed by atoms with van der Waals surface area (Å²) in [5.41, 5.74) is 9.53. The summed E-state index contributed by atoms with van der Waals surface area (Å²) in [4.78, 5) is 3.79. The molecule has 2 aliphatic rings. The van der Waals surface area contributed by atoms with Crippen molar-refractivity contribution in [3.63, 3.8) is 0 Å². The maximum Gasteiger partial charge on any atom is 0.0485 e. The van der Waals surface area contributed by atoms with Crippen LogP contribution in [0.3, 0.4) is 0 Å². The van der Waals surface area contributed by atoms with Crippen molar-refractivity contribution >= 4 is 23.3 Å². The predicted octanol–water partition coefficient (Wildman–Crippen LogP) is 3.50. The number of nitrogens with zero attached hydrogens (tertiary/aromatic N) is 2. The first-order chi connectivity index (χ1) is 10.8. The second-order valence-corrected chi connectivity index (χ2v) is 7.64. The van der Waals surface area contributed by atoms with Crippen LogP contribution < -0.4 is 5.73 Å². The Bertz CT molecular complexity index is 598. The highest BCUT2D eigenvalue weighted by molar-refractivity contribution is 7.99. The molecule has 0 aliphatic carbocycles. The SMILES string of the molecule is CN1CCCC1CN.c1cc2c(cc1-c1cnsc1)CCS2. The summed E-state index contributed by atoms with van der Waals surface area (Å²) in [6.07, 6.45) is 5.78. The van der Waals surface area contributed by atoms with Crippen molar-refractivity contribution in [2.24, 2.45) is 5.73 Å². The maximum absolute atomic E-state index is 5.48. The van der Waals surface area contributed by atoms with E-state index in [9.17, 15) is 0 Å². The molecule has 0 radical (unpaired) electrons. The minimum atomic E-state index is 0.676. The molecule has 0 spiro atoms. The molecule has 1 fully saturated rings. The quantitative estimate of drug-likeness (QED) is 0.913. The Kier molecular flexibility index (Phi) is 5.52. The average molecular weight is 334 g/mol. The number of hydrogen-bond donors (Lipinski definition) is 1. The van der Waals surface area contributed by atoms with Gasteiger partial charge in [-0.05, 0) is 67.6 Å². The molecular formula is C17H23N3S2. The topological polar surface area (TPSA) is 42.1 Å². The molecule has 0 bridgehead atoms. The fourth-order valence-corrected chi connectivity index (χ4v) is 4.59. The molecule has 118 valence electrons. The summed E-state index contributed by atoms with van der Waals surface area (Å²) in [5, 5.41) is 2.10. The van der Waals surface area contributed by atoms with Gasteiger partial charge in [0.25, 0.3) is 0 Å². The van der Waals surface area contributed by atoms with Crippen molar-refractivity contribution in [1.29, 1.82) is 0 Å². The Morgan fingerprint density at radius 1 is 1.36 bits per heavy atom. The Labute approximate surface area is 141 Å². The zero-order valence-corrected chi connectivity index (χ0v) is 14.6. The molecule has 3 heterocycles. The van der Waals surface area contributed by atoms with Crippen LogP contribution in [0.2, 0.25) is 0 Å². The van der Waals surface area contributed by atoms with Gasteiger partial charge in [0.2, 0.25) is 0 Å². The molecule has 0 amide bonds. The fourth-order valence-electron chi connectivity index (χ4n) is 2.99. The minimum absolute atomic E-state index is 0.676. The Morgan fingerprint density at radius 3 is 2.91 bits per heavy atom. The number of rotatable bonds is 2. The molecule has 1 atom stereocenters. The highest BCUT2D eigenvalue weighted by Gasteiger charge is 2.18. The third-order valence-corrected chi connectivity index (χ3v) is 6.10. The van der Waals surface area contributed by atoms with E-state index >= 15 is 0 Å². The standard InChI is InChI=1S/C11H9NS2.C6H14N2/c1-2-11-9(3-4-13-11)5-8(1)10-6-12-14-7-10;1-8-4-2-3-6(8)5-7/h1-2,5-7H,3-4H2;6H,2-5,7H2,1H3. The zero-order valence-electron chi connectivity index (χ0n) is 13.0. The number of hydrogen-bond acceptors (Lipinski definition) is 5. The predicted molar refractivity (Wildman–Crippen MR) is 96.7 cm³/mol. The number of fused-ring (bicyclic) bond motifs is 1. The maximum atomic E-state index is 5.48. The summed E-state index contributed by atoms with van der Waals surface area (Å²) in [7, 11) is 2.14. The van der Waals surface area contributed by atoms with Crippen LogP contribution in [0, 0.1) is 0 Å². The van der Waals surface area contributed by atoms with Crippen molar-refractivity contribution in [2.45, 2.75) is 30.2 Å². The van der Waals surface area contributed by atoms with E-state index in [4.69, 9.17) is 5.73 Å². The van der Waals surface area contributed by atoms with Crippen molar-refractivity contribution in [2.75, 3.05) is 25.9 Å². The first-order valence-corrected chi connectivity index (χ1v) is 9.66. The Hall–Kier alpha value is -0.880. The van der Waals surface area contributed by atoms with Crippen LogP contribution >= 0.6 is 23.3 Å². The van der Waals surface area contributed by atoms with Gasteiger partial charge < -0.3 is 10.6 Å². The summed E-state index contributed by atoms with van der Waals surface area (Å²) in [5.74, 6) is 1.24. The van der Waals surface area contributed by atoms with Gasteiger partial charge in [0.1, 0.15) is 0 Å². The molecule has 2 aromatic rings. The highest BCUT2D eigenvalue weighted by atomic mass is 32.2. The lowest BCUT2D eigenvalue weighted by Gasteiger charge is -2.15. The van der Waals surface area contributed by atoms with Gasteiger partial charge in [-0.1, -0.05) is 6.07 Å². The molecule has 2 aliphatic heterocycles. The smallest absolute Gasteiger partial charge is 0.0485 e. The zero-order chi connectivity index (χ0) is 15.4. The Morgan fingerprint density at radius 2 is 2.27 bits per heavy atom. The molecule has 1 unspecified atom stereocenters. The second-order valence-electron chi connectivity index (χ2n) is 5.85. The summed E-state index contributed by atoms with van der Waals surface area (Å²) in [6.45, 7) is 2.07. The number of benzene rings is 1. The molecule has 2 N–H and O–H groups in total. The van der Waals surface area contributed by atoms with Crippen molar-refractivity contribution in [1.82, 2.24) is 9.27 Å². The number of aryl methyl sites for hydroxylation is 1. The number of aromatic nitrogens is 1. The van der Waals surface area contributed by atoms with E-state index in [2.05, 4.69) is 39.9 Å². The van der Waals surface area contributed by atoms with Crippen LogP contribution in [0.5, 0.6) is 0 Å². The largest absolute Gasteiger partial charge is 0.329 e. The normalized spacial score (nSPS) is 20.5. The lowest BCUT2D eigenvalue weighted by atomic mass is 10.1. The third-order valence-electron chi connectivity index (χ3n) is 4.40. The van der Waals surface area contributed by atoms with Gasteiger partial charge in [-0.15, -0.1) is 11.8 Å². The van der Waals surface area contributed by atoms with Crippen LogP contribution in [0.1, 0.15) is 18.4 Å². The lowest BCUT2D eigenvalue weighted by Crippen LogP contribution is -2.31. The first-order valence-electron chi connectivity index (χ1n) is 7.83. The molecule has 5 heteroatoms. The molecular weight excluding hydrogens is 310 g/mol. The van der Waals surface area contributed by atoms with E-state index in [1.165, 1.54) is 64.7 Å². The van der Waals surface area contributed by atoms with E-state index in [-0.39, 0.29) is 0 Å². The van der Waals surface area contributed by atoms with E-state index < -0.39 is 0 Å². The highest BCUT2D eigenvalue weighted by Crippen LogP contribution is 2.34. The molecule has 1 aromatic carbocycles. The number of thioether (sulfide) groups is 1. The molecule has 1 saturated heterocycles. The average Bonchev–Trinajstić information content (AvgIpc) is 3.28. The van der Waals surface area contributed by atoms with Gasteiger partial charge in [-0.3, -0.25) is 0 Å². The monoisotopic (exact) mass is 333 g/mol. The van der Waals surface area contributed by atoms with Crippen LogP contribution in [0.15, 0.2) is 34.7 Å². The minimum Gasteiger partial charge on any atom is -0.329 e. The lowest BCUT2D eigenvalue weighted by molar-refractivity contribution is 0.317. The second kappa shape index (κ2) is 7.59. The van der Waals surface area contributed by atoms with Gasteiger partial charge in [0, 0.05) is 40.4 Å². The molecule has 22 heavy (non-hydrogen) atoms. The van der Waals surface area contributed by atoms with Crippen molar-refractivity contribution < 1.29 is 0 Å². The number of nitrogens with two attached hydrogens (primary N) is 1. The van der Waals surface area contributed by atoms with Crippen molar-refractivity contribution in [3.05, 3.63) is 35.3 Å². The van der Waals surface area contributed by atoms with E-state index in [1.807, 2.05) is 18.0 Å². The van der Waals surface area contributed by atoms with E-state index in [0.717, 1.165) is 6.54 Å². The van der Waals surface area contributed by atoms with Gasteiger partial charge >= 0.3 is 0 Å². The van der Waals surface area contributed by atoms with Crippen LogP contribution in [-0.2, 0) is 6.42 Å². The van der Waals surface area contributed by atoms with Crippen LogP contribution in [0.25, 0.3) is 11.1 Å². The van der Waals surface area contributed by atoms with Crippen LogP contribution in [0.4, 0.5) is 0 Å². The Balaban J connectivity index is 0.000000154. The van der Waals surface area contributed by atoms with Crippen LogP contribution in [-0.4, -0.2) is 41.2 Å². The van der Waals surface area contributed by atoms with Gasteiger partial charge in [-0.2, -0.15) is 0 Å². The van der Waals surface area contributed by atoms with Gasteiger partial charge in [-0.25, -0.2) is 4.37 Å². The summed E-state index contributed by atoms with van der Waals surface area (Å²) >= 11 is 3.47. The summed E-state index contributed by atoms with van der Waals surface area (Å²) < 4.78 is 4.13. The van der Waals surface area contributed by atoms with Gasteiger partial charge in [0.05, 0.1) is 0 Å². The molecule has 0 saturated carbocycles. The molecule has 1 aromatic heterocycles.